The molecule has 0 atom stereocenters. The average Bonchev–Trinajstić information content (AvgIpc) is 2.34. The Labute approximate surface area is 140 Å². The third kappa shape index (κ3) is 19.3. The summed E-state index contributed by atoms with van der Waals surface area (Å²) >= 11 is 3.22. The Morgan fingerprint density at radius 3 is 0.944 bits per heavy atom. The molecule has 10 heteroatoms. The molecule has 0 aliphatic heterocycles. The van der Waals surface area contributed by atoms with Crippen LogP contribution in [0.5, 0.6) is 0 Å². The van der Waals surface area contributed by atoms with Gasteiger partial charge in [0.15, 0.2) is 0 Å². The van der Waals surface area contributed by atoms with E-state index in [1.807, 2.05) is 24.3 Å². The third-order valence-electron chi connectivity index (χ3n) is 1.49. The first kappa shape index (κ1) is 36.4. The van der Waals surface area contributed by atoms with E-state index in [0.717, 1.165) is 11.1 Å². The number of hydrogen-bond donors (Lipinski definition) is 6. The third-order valence-corrected chi connectivity index (χ3v) is 1.49. The van der Waals surface area contributed by atoms with Crippen LogP contribution >= 0.6 is 18.8 Å². The van der Waals surface area contributed by atoms with Crippen molar-refractivity contribution < 1.29 is 37.5 Å². The van der Waals surface area contributed by atoms with Crippen LogP contribution in [0.3, 0.4) is 0 Å². The number of halogens is 2. The van der Waals surface area contributed by atoms with Crippen molar-refractivity contribution in [2.75, 3.05) is 0 Å². The second-order valence-corrected chi connectivity index (χ2v) is 2.22. The van der Waals surface area contributed by atoms with E-state index < -0.39 is 0 Å². The molecule has 6 nitrogen and oxygen atoms in total. The van der Waals surface area contributed by atoms with E-state index in [1.165, 1.54) is 0 Å². The molecule has 16 N–H and O–H groups in total. The molecule has 0 unspecified atom stereocenters. The molecular formula is C8H24Cl2N6Pt2+2. The van der Waals surface area contributed by atoms with Gasteiger partial charge in [0.05, 0.1) is 0 Å². The van der Waals surface area contributed by atoms with Crippen LogP contribution in [0, 0.1) is 0 Å². The Balaban J connectivity index is -0.0000000412. The van der Waals surface area contributed by atoms with Crippen molar-refractivity contribution in [2.24, 2.45) is 11.5 Å². The Bertz CT molecular complexity index is 192. The molecule has 0 aliphatic rings. The van der Waals surface area contributed by atoms with Crippen LogP contribution in [0.2, 0.25) is 0 Å². The second-order valence-electron chi connectivity index (χ2n) is 2.22. The zero-order valence-electron chi connectivity index (χ0n) is 10.1. The fraction of sp³-hybridized carbons (Fsp3) is 0.250. The number of rotatable bonds is 2. The van der Waals surface area contributed by atoms with Gasteiger partial charge < -0.3 is 36.1 Å². The van der Waals surface area contributed by atoms with Gasteiger partial charge in [0.1, 0.15) is 0 Å². The monoisotopic (exact) mass is 664 g/mol. The topological polar surface area (TPSA) is 192 Å². The van der Waals surface area contributed by atoms with Crippen LogP contribution in [0.1, 0.15) is 11.1 Å². The Morgan fingerprint density at radius 1 is 0.667 bits per heavy atom. The summed E-state index contributed by atoms with van der Waals surface area (Å²) in [5.41, 5.74) is 13.1. The summed E-state index contributed by atoms with van der Waals surface area (Å²) in [6.07, 6.45) is 0. The summed E-state index contributed by atoms with van der Waals surface area (Å²) in [5.74, 6) is 0. The van der Waals surface area contributed by atoms with Gasteiger partial charge in [-0.1, -0.05) is 24.3 Å². The van der Waals surface area contributed by atoms with Crippen molar-refractivity contribution in [1.82, 2.24) is 24.6 Å². The quantitative estimate of drug-likeness (QED) is 0.281. The van der Waals surface area contributed by atoms with Gasteiger partial charge in [0.25, 0.3) is 0 Å². The fourth-order valence-corrected chi connectivity index (χ4v) is 0.811. The maximum atomic E-state index is 5.41. The van der Waals surface area contributed by atoms with Crippen molar-refractivity contribution in [3.8, 4) is 0 Å². The number of nitrogens with two attached hydrogens (primary N) is 2. The van der Waals surface area contributed by atoms with Crippen LogP contribution in [0.25, 0.3) is 0 Å². The van der Waals surface area contributed by atoms with E-state index in [-0.39, 0.29) is 24.6 Å². The van der Waals surface area contributed by atoms with E-state index in [4.69, 9.17) is 11.5 Å². The molecule has 1 rings (SSSR count). The van der Waals surface area contributed by atoms with Crippen LogP contribution in [-0.4, -0.2) is 0 Å². The molecule has 18 heavy (non-hydrogen) atoms. The van der Waals surface area contributed by atoms with Crippen molar-refractivity contribution in [3.63, 3.8) is 0 Å². The SMILES string of the molecule is N.N.N.N.NCc1ccc(CN)cc1.[Cl][Pt+].[Cl][Pt+]. The molecule has 0 radical (unpaired) electrons. The summed E-state index contributed by atoms with van der Waals surface area (Å²) in [6, 6.07) is 8.01. The second kappa shape index (κ2) is 30.7. The molecule has 118 valence electrons. The Hall–Kier alpha value is 0.937. The van der Waals surface area contributed by atoms with Crippen molar-refractivity contribution in [2.45, 2.75) is 13.1 Å². The molecule has 1 aromatic carbocycles. The molecule has 0 heterocycles. The molecular weight excluding hydrogens is 641 g/mol. The van der Waals surface area contributed by atoms with Crippen LogP contribution in [0.4, 0.5) is 0 Å². The van der Waals surface area contributed by atoms with E-state index in [0.29, 0.717) is 13.1 Å². The van der Waals surface area contributed by atoms with E-state index in [2.05, 4.69) is 18.8 Å². The first-order valence-electron chi connectivity index (χ1n) is 3.58. The van der Waals surface area contributed by atoms with Gasteiger partial charge >= 0.3 is 56.4 Å². The predicted octanol–water partition coefficient (Wildman–Crippen LogP) is 2.63. The van der Waals surface area contributed by atoms with E-state index in [1.54, 1.807) is 37.5 Å². The van der Waals surface area contributed by atoms with E-state index in [9.17, 15) is 0 Å². The van der Waals surface area contributed by atoms with Gasteiger partial charge in [-0.05, 0) is 11.1 Å². The summed E-state index contributed by atoms with van der Waals surface area (Å²) in [4.78, 5) is 0. The van der Waals surface area contributed by atoms with Gasteiger partial charge in [0.2, 0.25) is 0 Å². The first-order chi connectivity index (χ1) is 6.86. The van der Waals surface area contributed by atoms with Crippen LogP contribution in [-0.2, 0) is 50.6 Å². The minimum atomic E-state index is 0. The fourth-order valence-electron chi connectivity index (χ4n) is 0.811. The molecule has 0 saturated carbocycles. The molecule has 1 aromatic rings. The molecule has 0 saturated heterocycles. The van der Waals surface area contributed by atoms with Crippen molar-refractivity contribution >= 4 is 18.8 Å². The molecule has 0 amide bonds. The molecule has 0 aromatic heterocycles. The molecule has 0 spiro atoms. The predicted molar refractivity (Wildman–Crippen MR) is 74.0 cm³/mol. The zero-order valence-corrected chi connectivity index (χ0v) is 16.2. The van der Waals surface area contributed by atoms with Gasteiger partial charge in [-0.2, -0.15) is 0 Å². The van der Waals surface area contributed by atoms with Crippen LogP contribution < -0.4 is 36.1 Å². The maximum absolute atomic E-state index is 5.41. The van der Waals surface area contributed by atoms with Gasteiger partial charge in [-0.3, -0.25) is 0 Å². The van der Waals surface area contributed by atoms with Gasteiger partial charge in [-0.15, -0.1) is 0 Å². The standard InChI is InChI=1S/C8H12N2.2ClH.4H3N.2Pt/c9-5-7-1-2-8(6-10)4-3-7;;;;;;;;/h1-4H,5-6,9-10H2;2*1H;4*1H3;;/q;;;;;;;2*+2/p-2. The van der Waals surface area contributed by atoms with Crippen LogP contribution in [0.15, 0.2) is 24.3 Å². The normalized spacial score (nSPS) is 6.22. The summed E-state index contributed by atoms with van der Waals surface area (Å²) in [5, 5.41) is 0. The zero-order chi connectivity index (χ0) is 11.4. The summed E-state index contributed by atoms with van der Waals surface area (Å²) < 4.78 is 0. The first-order valence-corrected chi connectivity index (χ1v) is 9.21. The number of benzene rings is 1. The summed E-state index contributed by atoms with van der Waals surface area (Å²) in [7, 11) is 9.22. The van der Waals surface area contributed by atoms with E-state index >= 15 is 0 Å². The van der Waals surface area contributed by atoms with Gasteiger partial charge in [-0.25, -0.2) is 0 Å². The van der Waals surface area contributed by atoms with Crippen molar-refractivity contribution in [1.29, 1.82) is 0 Å². The molecule has 0 bridgehead atoms. The summed E-state index contributed by atoms with van der Waals surface area (Å²) in [6.45, 7) is 1.20. The number of hydrogen-bond acceptors (Lipinski definition) is 6. The Kier molecular flexibility index (Phi) is 62.2. The molecule has 0 aliphatic carbocycles. The molecule has 0 fully saturated rings. The van der Waals surface area contributed by atoms with Crippen molar-refractivity contribution in [3.05, 3.63) is 35.4 Å². The van der Waals surface area contributed by atoms with Gasteiger partial charge in [0, 0.05) is 13.1 Å². The Morgan fingerprint density at radius 2 is 0.833 bits per heavy atom. The minimum absolute atomic E-state index is 0. The average molecular weight is 665 g/mol.